The Morgan fingerprint density at radius 3 is 2.53 bits per heavy atom. The number of hydrogen-bond donors (Lipinski definition) is 0. The minimum atomic E-state index is 0.0969. The van der Waals surface area contributed by atoms with Crippen molar-refractivity contribution >= 4 is 29.1 Å². The molecule has 5 heteroatoms. The molecule has 1 heterocycles. The van der Waals surface area contributed by atoms with E-state index in [1.54, 1.807) is 6.07 Å². The molecule has 0 aliphatic carbocycles. The van der Waals surface area contributed by atoms with E-state index in [0.29, 0.717) is 10.9 Å². The monoisotopic (exact) mass is 300 g/mol. The molecule has 1 aliphatic heterocycles. The third kappa shape index (κ3) is 3.62. The first-order chi connectivity index (χ1) is 9.11. The van der Waals surface area contributed by atoms with E-state index in [0.717, 1.165) is 43.9 Å². The molecular formula is C14H18Cl2N2O. The van der Waals surface area contributed by atoms with Gasteiger partial charge in [-0.3, -0.25) is 9.69 Å². The summed E-state index contributed by atoms with van der Waals surface area (Å²) in [6.07, 6.45) is 0. The molecule has 0 saturated carbocycles. The van der Waals surface area contributed by atoms with E-state index in [-0.39, 0.29) is 5.91 Å². The third-order valence-corrected chi connectivity index (χ3v) is 3.88. The topological polar surface area (TPSA) is 23.6 Å². The van der Waals surface area contributed by atoms with Crippen LogP contribution in [0.2, 0.25) is 5.02 Å². The van der Waals surface area contributed by atoms with Gasteiger partial charge in [0, 0.05) is 49.2 Å². The van der Waals surface area contributed by atoms with E-state index in [4.69, 9.17) is 23.2 Å². The fraction of sp³-hybridized carbons (Fsp3) is 0.500. The van der Waals surface area contributed by atoms with Gasteiger partial charge in [-0.25, -0.2) is 0 Å². The number of amides is 1. The zero-order chi connectivity index (χ0) is 13.8. The lowest BCUT2D eigenvalue weighted by molar-refractivity contribution is 0.0643. The van der Waals surface area contributed by atoms with Crippen molar-refractivity contribution in [2.75, 3.05) is 38.6 Å². The summed E-state index contributed by atoms with van der Waals surface area (Å²) in [5.41, 5.74) is 1.68. The Balaban J connectivity index is 2.01. The number of benzene rings is 1. The maximum atomic E-state index is 12.4. The highest BCUT2D eigenvalue weighted by molar-refractivity contribution is 6.30. The first-order valence-electron chi connectivity index (χ1n) is 6.45. The summed E-state index contributed by atoms with van der Waals surface area (Å²) in [6, 6.07) is 5.41. The second kappa shape index (κ2) is 6.60. The molecule has 1 saturated heterocycles. The molecule has 0 bridgehead atoms. The fourth-order valence-electron chi connectivity index (χ4n) is 2.33. The van der Waals surface area contributed by atoms with Crippen LogP contribution in [0.3, 0.4) is 0 Å². The van der Waals surface area contributed by atoms with Crippen molar-refractivity contribution in [2.24, 2.45) is 0 Å². The lowest BCUT2D eigenvalue weighted by Gasteiger charge is -2.34. The number of hydrogen-bond acceptors (Lipinski definition) is 2. The number of carbonyl (C=O) groups is 1. The lowest BCUT2D eigenvalue weighted by atomic mass is 10.1. The minimum absolute atomic E-state index is 0.0969. The van der Waals surface area contributed by atoms with Crippen molar-refractivity contribution in [1.82, 2.24) is 9.80 Å². The average Bonchev–Trinajstić information content (AvgIpc) is 2.39. The third-order valence-electron chi connectivity index (χ3n) is 3.48. The van der Waals surface area contributed by atoms with Crippen molar-refractivity contribution < 1.29 is 4.79 Å². The van der Waals surface area contributed by atoms with E-state index < -0.39 is 0 Å². The van der Waals surface area contributed by atoms with Crippen LogP contribution in [0.4, 0.5) is 0 Å². The van der Waals surface area contributed by atoms with Crippen LogP contribution in [-0.4, -0.2) is 54.3 Å². The molecule has 0 atom stereocenters. The summed E-state index contributed by atoms with van der Waals surface area (Å²) >= 11 is 11.6. The first-order valence-corrected chi connectivity index (χ1v) is 7.37. The van der Waals surface area contributed by atoms with Crippen LogP contribution in [0, 0.1) is 6.92 Å². The summed E-state index contributed by atoms with van der Waals surface area (Å²) in [7, 11) is 0. The highest BCUT2D eigenvalue weighted by Gasteiger charge is 2.22. The van der Waals surface area contributed by atoms with Crippen molar-refractivity contribution in [3.63, 3.8) is 0 Å². The second-order valence-electron chi connectivity index (χ2n) is 4.78. The predicted molar refractivity (Wildman–Crippen MR) is 79.3 cm³/mol. The zero-order valence-electron chi connectivity index (χ0n) is 11.0. The van der Waals surface area contributed by atoms with Gasteiger partial charge in [-0.05, 0) is 30.7 Å². The van der Waals surface area contributed by atoms with Crippen LogP contribution in [-0.2, 0) is 0 Å². The van der Waals surface area contributed by atoms with Gasteiger partial charge in [-0.2, -0.15) is 0 Å². The van der Waals surface area contributed by atoms with E-state index in [9.17, 15) is 4.79 Å². The molecule has 1 aliphatic rings. The Kier molecular flexibility index (Phi) is 5.08. The van der Waals surface area contributed by atoms with Crippen molar-refractivity contribution in [3.05, 3.63) is 34.3 Å². The molecule has 104 valence electrons. The van der Waals surface area contributed by atoms with Crippen molar-refractivity contribution in [1.29, 1.82) is 0 Å². The van der Waals surface area contributed by atoms with Crippen LogP contribution < -0.4 is 0 Å². The highest BCUT2D eigenvalue weighted by atomic mass is 35.5. The van der Waals surface area contributed by atoms with Gasteiger partial charge in [0.25, 0.3) is 5.91 Å². The molecule has 1 fully saturated rings. The molecule has 0 spiro atoms. The van der Waals surface area contributed by atoms with Crippen molar-refractivity contribution in [2.45, 2.75) is 6.92 Å². The molecule has 1 aromatic rings. The van der Waals surface area contributed by atoms with E-state index in [1.165, 1.54) is 0 Å². The first kappa shape index (κ1) is 14.6. The Labute approximate surface area is 124 Å². The van der Waals surface area contributed by atoms with E-state index in [2.05, 4.69) is 4.90 Å². The molecule has 2 rings (SSSR count). The van der Waals surface area contributed by atoms with Crippen LogP contribution >= 0.6 is 23.2 Å². The quantitative estimate of drug-likeness (QED) is 0.801. The summed E-state index contributed by atoms with van der Waals surface area (Å²) in [5, 5.41) is 0.668. The SMILES string of the molecule is Cc1cc(Cl)ccc1C(=O)N1CCN(CCCl)CC1. The molecular weight excluding hydrogens is 283 g/mol. The molecule has 1 amide bonds. The minimum Gasteiger partial charge on any atom is -0.336 e. The number of rotatable bonds is 3. The molecule has 0 N–H and O–H groups in total. The molecule has 1 aromatic carbocycles. The Hall–Kier alpha value is -0.770. The van der Waals surface area contributed by atoms with Crippen LogP contribution in [0.15, 0.2) is 18.2 Å². The van der Waals surface area contributed by atoms with Gasteiger partial charge in [0.05, 0.1) is 0 Å². The second-order valence-corrected chi connectivity index (χ2v) is 5.60. The number of nitrogens with zero attached hydrogens (tertiary/aromatic N) is 2. The Morgan fingerprint density at radius 2 is 1.95 bits per heavy atom. The number of alkyl halides is 1. The average molecular weight is 301 g/mol. The van der Waals surface area contributed by atoms with Gasteiger partial charge in [0.2, 0.25) is 0 Å². The van der Waals surface area contributed by atoms with Gasteiger partial charge in [-0.15, -0.1) is 11.6 Å². The Morgan fingerprint density at radius 1 is 1.26 bits per heavy atom. The van der Waals surface area contributed by atoms with Crippen LogP contribution in [0.1, 0.15) is 15.9 Å². The van der Waals surface area contributed by atoms with Gasteiger partial charge in [0.15, 0.2) is 0 Å². The van der Waals surface area contributed by atoms with Gasteiger partial charge in [0.1, 0.15) is 0 Å². The lowest BCUT2D eigenvalue weighted by Crippen LogP contribution is -2.49. The molecule has 0 radical (unpaired) electrons. The van der Waals surface area contributed by atoms with Crippen LogP contribution in [0.25, 0.3) is 0 Å². The molecule has 0 aromatic heterocycles. The largest absolute Gasteiger partial charge is 0.336 e. The fourth-order valence-corrected chi connectivity index (χ4v) is 2.80. The standard InChI is InChI=1S/C14H18Cl2N2O/c1-11-10-12(16)2-3-13(11)14(19)18-8-6-17(5-4-15)7-9-18/h2-3,10H,4-9H2,1H3. The summed E-state index contributed by atoms with van der Waals surface area (Å²) in [5.74, 6) is 0.740. The summed E-state index contributed by atoms with van der Waals surface area (Å²) in [6.45, 7) is 6.12. The number of carbonyl (C=O) groups excluding carboxylic acids is 1. The maximum absolute atomic E-state index is 12.4. The van der Waals surface area contributed by atoms with Gasteiger partial charge < -0.3 is 4.90 Å². The normalized spacial score (nSPS) is 16.7. The van der Waals surface area contributed by atoms with Crippen LogP contribution in [0.5, 0.6) is 0 Å². The number of piperazine rings is 1. The molecule has 0 unspecified atom stereocenters. The molecule has 3 nitrogen and oxygen atoms in total. The summed E-state index contributed by atoms with van der Waals surface area (Å²) in [4.78, 5) is 16.6. The predicted octanol–water partition coefficient (Wildman–Crippen LogP) is 2.65. The Bertz CT molecular complexity index is 457. The maximum Gasteiger partial charge on any atom is 0.254 e. The zero-order valence-corrected chi connectivity index (χ0v) is 12.5. The van der Waals surface area contributed by atoms with E-state index in [1.807, 2.05) is 24.0 Å². The van der Waals surface area contributed by atoms with Crippen molar-refractivity contribution in [3.8, 4) is 0 Å². The van der Waals surface area contributed by atoms with Gasteiger partial charge in [-0.1, -0.05) is 11.6 Å². The highest BCUT2D eigenvalue weighted by Crippen LogP contribution is 2.17. The van der Waals surface area contributed by atoms with E-state index >= 15 is 0 Å². The number of halogens is 2. The smallest absolute Gasteiger partial charge is 0.254 e. The van der Waals surface area contributed by atoms with Gasteiger partial charge >= 0.3 is 0 Å². The summed E-state index contributed by atoms with van der Waals surface area (Å²) < 4.78 is 0. The number of aryl methyl sites for hydroxylation is 1. The molecule has 19 heavy (non-hydrogen) atoms.